The van der Waals surface area contributed by atoms with E-state index < -0.39 is 0 Å². The average molecular weight is 433 g/mol. The molecule has 0 aromatic heterocycles. The maximum atomic E-state index is 12.9. The molecule has 2 atom stereocenters. The van der Waals surface area contributed by atoms with Crippen molar-refractivity contribution in [1.82, 2.24) is 0 Å². The topological polar surface area (TPSA) is 44.8 Å². The van der Waals surface area contributed by atoms with Crippen LogP contribution in [0.1, 0.15) is 84.6 Å². The van der Waals surface area contributed by atoms with Crippen LogP contribution in [0.4, 0.5) is 0 Å². The van der Waals surface area contributed by atoms with Crippen LogP contribution in [-0.4, -0.2) is 32.9 Å². The van der Waals surface area contributed by atoms with Crippen LogP contribution >= 0.6 is 0 Å². The lowest BCUT2D eigenvalue weighted by atomic mass is 10.0. The average Bonchev–Trinajstić information content (AvgIpc) is 2.80. The van der Waals surface area contributed by atoms with E-state index in [2.05, 4.69) is 27.7 Å². The Kier molecular flexibility index (Phi) is 14.8. The normalized spacial score (nSPS) is 13.6. The Morgan fingerprint density at radius 3 is 2.00 bits per heavy atom. The summed E-state index contributed by atoms with van der Waals surface area (Å²) < 4.78 is 16.9. The Labute approximate surface area is 190 Å². The second kappa shape index (κ2) is 16.8. The molecule has 0 aliphatic heterocycles. The molecule has 0 saturated carbocycles. The van der Waals surface area contributed by atoms with Gasteiger partial charge in [0, 0.05) is 6.61 Å². The number of benzene rings is 1. The van der Waals surface area contributed by atoms with Gasteiger partial charge in [0.25, 0.3) is 0 Å². The molecule has 31 heavy (non-hydrogen) atoms. The number of esters is 1. The summed E-state index contributed by atoms with van der Waals surface area (Å²) in [6.45, 7) is 10.2. The molecule has 0 radical (unpaired) electrons. The number of carbonyl (C=O) groups excluding carboxylic acids is 1. The van der Waals surface area contributed by atoms with Gasteiger partial charge < -0.3 is 14.2 Å². The molecule has 4 heteroatoms. The summed E-state index contributed by atoms with van der Waals surface area (Å²) in [5.41, 5.74) is 1.51. The fourth-order valence-corrected chi connectivity index (χ4v) is 3.48. The van der Waals surface area contributed by atoms with Gasteiger partial charge in [0.15, 0.2) is 0 Å². The zero-order chi connectivity index (χ0) is 22.9. The molecule has 0 spiro atoms. The third-order valence-electron chi connectivity index (χ3n) is 5.87. The van der Waals surface area contributed by atoms with E-state index >= 15 is 0 Å². The lowest BCUT2D eigenvalue weighted by Crippen LogP contribution is -2.19. The van der Waals surface area contributed by atoms with E-state index in [1.54, 1.807) is 7.11 Å². The minimum absolute atomic E-state index is 0.271. The summed E-state index contributed by atoms with van der Waals surface area (Å²) in [5.74, 6) is 1.48. The summed E-state index contributed by atoms with van der Waals surface area (Å²) in [6.07, 6.45) is 11.0. The van der Waals surface area contributed by atoms with Crippen molar-refractivity contribution in [3.63, 3.8) is 0 Å². The quantitative estimate of drug-likeness (QED) is 0.195. The van der Waals surface area contributed by atoms with Crippen molar-refractivity contribution in [2.45, 2.75) is 79.1 Å². The minimum Gasteiger partial charge on any atom is -0.497 e. The first-order chi connectivity index (χ1) is 15.1. The van der Waals surface area contributed by atoms with Gasteiger partial charge in [0.1, 0.15) is 5.75 Å². The van der Waals surface area contributed by atoms with Crippen LogP contribution in [0.5, 0.6) is 5.75 Å². The molecule has 0 N–H and O–H groups in total. The monoisotopic (exact) mass is 432 g/mol. The van der Waals surface area contributed by atoms with Gasteiger partial charge in [-0.15, -0.1) is 0 Å². The highest BCUT2D eigenvalue weighted by atomic mass is 16.5. The number of unbranched alkanes of at least 4 members (excludes halogenated alkanes) is 2. The smallest absolute Gasteiger partial charge is 0.336 e. The van der Waals surface area contributed by atoms with Gasteiger partial charge in [-0.3, -0.25) is 0 Å². The van der Waals surface area contributed by atoms with Crippen LogP contribution in [0.25, 0.3) is 6.08 Å². The van der Waals surface area contributed by atoms with E-state index in [1.807, 2.05) is 30.3 Å². The molecule has 4 nitrogen and oxygen atoms in total. The number of ether oxygens (including phenoxy) is 3. The SMILES string of the molecule is CCCCC(CC)COC/C(=C\c1ccc(OC)cc1)C(=O)OCC(CC)CCCC. The van der Waals surface area contributed by atoms with E-state index in [1.165, 1.54) is 25.7 Å². The van der Waals surface area contributed by atoms with Crippen molar-refractivity contribution >= 4 is 12.0 Å². The molecule has 0 aliphatic rings. The summed E-state index contributed by atoms with van der Waals surface area (Å²) in [5, 5.41) is 0. The highest BCUT2D eigenvalue weighted by Gasteiger charge is 2.16. The maximum absolute atomic E-state index is 12.9. The van der Waals surface area contributed by atoms with Gasteiger partial charge >= 0.3 is 5.97 Å². The Morgan fingerprint density at radius 1 is 0.903 bits per heavy atom. The van der Waals surface area contributed by atoms with E-state index in [9.17, 15) is 4.79 Å². The van der Waals surface area contributed by atoms with Crippen LogP contribution in [0.3, 0.4) is 0 Å². The number of hydrogen-bond donors (Lipinski definition) is 0. The van der Waals surface area contributed by atoms with Crippen LogP contribution in [0.2, 0.25) is 0 Å². The first-order valence-electron chi connectivity index (χ1n) is 12.2. The van der Waals surface area contributed by atoms with Gasteiger partial charge in [0.2, 0.25) is 0 Å². The molecular weight excluding hydrogens is 388 g/mol. The molecule has 0 aliphatic carbocycles. The molecule has 0 amide bonds. The molecule has 2 unspecified atom stereocenters. The number of hydrogen-bond acceptors (Lipinski definition) is 4. The Morgan fingerprint density at radius 2 is 1.48 bits per heavy atom. The Balaban J connectivity index is 2.80. The molecule has 1 aromatic rings. The predicted molar refractivity (Wildman–Crippen MR) is 129 cm³/mol. The van der Waals surface area contributed by atoms with E-state index in [4.69, 9.17) is 14.2 Å². The first kappa shape index (κ1) is 27.2. The van der Waals surface area contributed by atoms with Crippen molar-refractivity contribution in [2.24, 2.45) is 11.8 Å². The van der Waals surface area contributed by atoms with Gasteiger partial charge in [0.05, 0.1) is 25.9 Å². The number of rotatable bonds is 17. The molecule has 0 fully saturated rings. The highest BCUT2D eigenvalue weighted by molar-refractivity contribution is 5.94. The minimum atomic E-state index is -0.271. The van der Waals surface area contributed by atoms with Crippen LogP contribution in [-0.2, 0) is 14.3 Å². The zero-order valence-electron chi connectivity index (χ0n) is 20.5. The van der Waals surface area contributed by atoms with Crippen molar-refractivity contribution in [3.05, 3.63) is 35.4 Å². The molecular formula is C27H44O4. The lowest BCUT2D eigenvalue weighted by Gasteiger charge is -2.17. The zero-order valence-corrected chi connectivity index (χ0v) is 20.5. The van der Waals surface area contributed by atoms with E-state index in [0.29, 0.717) is 30.6 Å². The van der Waals surface area contributed by atoms with Crippen molar-refractivity contribution in [3.8, 4) is 5.75 Å². The van der Waals surface area contributed by atoms with Crippen LogP contribution in [0.15, 0.2) is 29.8 Å². The number of methoxy groups -OCH3 is 1. The van der Waals surface area contributed by atoms with Crippen LogP contribution in [0, 0.1) is 11.8 Å². The van der Waals surface area contributed by atoms with Crippen molar-refractivity contribution < 1.29 is 19.0 Å². The molecule has 0 heterocycles. The summed E-state index contributed by atoms with van der Waals surface area (Å²) >= 11 is 0. The highest BCUT2D eigenvalue weighted by Crippen LogP contribution is 2.18. The molecule has 0 bridgehead atoms. The fourth-order valence-electron chi connectivity index (χ4n) is 3.48. The third kappa shape index (κ3) is 11.4. The molecule has 0 saturated heterocycles. The second-order valence-electron chi connectivity index (χ2n) is 8.39. The van der Waals surface area contributed by atoms with Gasteiger partial charge in [-0.2, -0.15) is 0 Å². The van der Waals surface area contributed by atoms with Crippen molar-refractivity contribution in [1.29, 1.82) is 0 Å². The van der Waals surface area contributed by atoms with Crippen molar-refractivity contribution in [2.75, 3.05) is 26.9 Å². The van der Waals surface area contributed by atoms with E-state index in [0.717, 1.165) is 37.0 Å². The molecule has 1 aromatic carbocycles. The molecule has 1 rings (SSSR count). The van der Waals surface area contributed by atoms with Gasteiger partial charge in [-0.05, 0) is 48.4 Å². The first-order valence-corrected chi connectivity index (χ1v) is 12.2. The maximum Gasteiger partial charge on any atom is 0.336 e. The van der Waals surface area contributed by atoms with Crippen LogP contribution < -0.4 is 4.74 Å². The summed E-state index contributed by atoms with van der Waals surface area (Å²) in [6, 6.07) is 7.67. The Bertz CT molecular complexity index is 621. The number of carbonyl (C=O) groups is 1. The molecule has 176 valence electrons. The van der Waals surface area contributed by atoms with E-state index in [-0.39, 0.29) is 12.6 Å². The fraction of sp³-hybridized carbons (Fsp3) is 0.667. The lowest BCUT2D eigenvalue weighted by molar-refractivity contribution is -0.141. The second-order valence-corrected chi connectivity index (χ2v) is 8.39. The predicted octanol–water partition coefficient (Wildman–Crippen LogP) is 7.07. The Hall–Kier alpha value is -1.81. The van der Waals surface area contributed by atoms with Gasteiger partial charge in [-0.1, -0.05) is 78.4 Å². The van der Waals surface area contributed by atoms with Gasteiger partial charge in [-0.25, -0.2) is 4.79 Å². The third-order valence-corrected chi connectivity index (χ3v) is 5.87. The largest absolute Gasteiger partial charge is 0.497 e. The summed E-state index contributed by atoms with van der Waals surface area (Å²) in [7, 11) is 1.65. The summed E-state index contributed by atoms with van der Waals surface area (Å²) in [4.78, 5) is 12.9. The standard InChI is InChI=1S/C27H44O4/c1-6-10-12-22(8-3)19-30-21-25(18-24-14-16-26(29-5)17-15-24)27(28)31-20-23(9-4)13-11-7-2/h14-18,22-23H,6-13,19-21H2,1-5H3/b25-18+.